The molecule has 0 bridgehead atoms. The first-order chi connectivity index (χ1) is 24.1. The molecule has 0 aliphatic heterocycles. The first kappa shape index (κ1) is 41.2. The van der Waals surface area contributed by atoms with Gasteiger partial charge in [-0.05, 0) is 62.1 Å². The van der Waals surface area contributed by atoms with E-state index in [1.54, 1.807) is 0 Å². The molecule has 1 unspecified atom stereocenters. The van der Waals surface area contributed by atoms with Crippen molar-refractivity contribution in [2.75, 3.05) is 22.5 Å². The van der Waals surface area contributed by atoms with E-state index in [-0.39, 0.29) is 36.5 Å². The number of alkyl halides is 3. The SMILES string of the molecule is CC(C)(C#Cc1ccc(-c2ccc(Cl)c3c(N(S(C)(=O)=O)S(C)(=O)=O)nn(CC(F)(F)F)c23)c(C(Cc2cc(F)cc(F)c2)NC(=O)O)n1)S(C)(=O)=O. The Kier molecular flexibility index (Phi) is 11.2. The molecule has 0 saturated heterocycles. The summed E-state index contributed by atoms with van der Waals surface area (Å²) in [6.45, 7) is 0.709. The molecule has 13 nitrogen and oxygen atoms in total. The van der Waals surface area contributed by atoms with Gasteiger partial charge in [0, 0.05) is 23.4 Å². The van der Waals surface area contributed by atoms with Gasteiger partial charge in [0.2, 0.25) is 20.0 Å². The summed E-state index contributed by atoms with van der Waals surface area (Å²) in [6, 6.07) is 5.51. The van der Waals surface area contributed by atoms with Gasteiger partial charge in [-0.2, -0.15) is 18.3 Å². The molecule has 0 spiro atoms. The standard InChI is InChI=1S/C31H29ClF5N5O8S3/c1-30(2,51(3,45)46)11-10-20-6-7-21(26(38-20)24(39-29(43)44)14-17-12-18(33)15-19(34)13-17)22-8-9-23(32)25-27(22)41(16-31(35,36)37)40-28(25)42(52(4,47)48)53(5,49)50/h6-9,12-13,15,24,39H,14,16H2,1-5H3,(H,43,44). The number of pyridine rings is 1. The maximum absolute atomic E-state index is 14.2. The van der Waals surface area contributed by atoms with Crippen LogP contribution in [0, 0.1) is 23.5 Å². The van der Waals surface area contributed by atoms with Crippen LogP contribution in [0.15, 0.2) is 42.5 Å². The molecule has 0 fully saturated rings. The average Bonchev–Trinajstić information content (AvgIpc) is 3.30. The summed E-state index contributed by atoms with van der Waals surface area (Å²) in [6.07, 6.45) is -5.31. The quantitative estimate of drug-likeness (QED) is 0.162. The molecule has 22 heteroatoms. The molecule has 1 amide bonds. The van der Waals surface area contributed by atoms with Gasteiger partial charge in [0.15, 0.2) is 15.7 Å². The Bertz CT molecular complexity index is 2480. The van der Waals surface area contributed by atoms with Crippen LogP contribution in [0.1, 0.15) is 36.8 Å². The van der Waals surface area contributed by atoms with Crippen LogP contribution >= 0.6 is 11.6 Å². The number of nitrogens with one attached hydrogen (secondary N) is 1. The lowest BCUT2D eigenvalue weighted by Gasteiger charge is -2.21. The number of aromatic nitrogens is 3. The molecule has 53 heavy (non-hydrogen) atoms. The minimum absolute atomic E-state index is 0.0914. The lowest BCUT2D eigenvalue weighted by molar-refractivity contribution is -0.141. The minimum Gasteiger partial charge on any atom is -0.465 e. The molecular weight excluding hydrogens is 797 g/mol. The lowest BCUT2D eigenvalue weighted by atomic mass is 9.94. The van der Waals surface area contributed by atoms with E-state index in [1.807, 2.05) is 0 Å². The second-order valence-electron chi connectivity index (χ2n) is 12.3. The highest BCUT2D eigenvalue weighted by Gasteiger charge is 2.37. The smallest absolute Gasteiger partial charge is 0.408 e. The van der Waals surface area contributed by atoms with Gasteiger partial charge in [-0.15, -0.1) is 3.71 Å². The molecule has 2 N–H and O–H groups in total. The Hall–Kier alpha value is -4.52. The van der Waals surface area contributed by atoms with Gasteiger partial charge >= 0.3 is 12.3 Å². The van der Waals surface area contributed by atoms with Gasteiger partial charge in [-0.25, -0.2) is 43.8 Å². The van der Waals surface area contributed by atoms with E-state index in [2.05, 4.69) is 27.2 Å². The number of carbonyl (C=O) groups is 1. The van der Waals surface area contributed by atoms with Crippen LogP contribution < -0.4 is 9.03 Å². The van der Waals surface area contributed by atoms with Crippen LogP contribution in [0.5, 0.6) is 0 Å². The molecule has 1 atom stereocenters. The van der Waals surface area contributed by atoms with Crippen LogP contribution in [0.4, 0.5) is 32.6 Å². The molecule has 4 rings (SSSR count). The number of fused-ring (bicyclic) bond motifs is 1. The number of benzene rings is 2. The summed E-state index contributed by atoms with van der Waals surface area (Å²) in [7, 11) is -13.3. The summed E-state index contributed by atoms with van der Waals surface area (Å²) in [5, 5.41) is 14.7. The molecule has 2 aromatic carbocycles. The largest absolute Gasteiger partial charge is 0.465 e. The van der Waals surface area contributed by atoms with Gasteiger partial charge in [0.1, 0.15) is 28.6 Å². The highest BCUT2D eigenvalue weighted by atomic mass is 35.5. The van der Waals surface area contributed by atoms with Crippen molar-refractivity contribution in [1.29, 1.82) is 0 Å². The maximum Gasteiger partial charge on any atom is 0.408 e. The van der Waals surface area contributed by atoms with E-state index in [4.69, 9.17) is 11.6 Å². The van der Waals surface area contributed by atoms with Crippen molar-refractivity contribution < 1.29 is 57.1 Å². The van der Waals surface area contributed by atoms with Crippen molar-refractivity contribution in [2.45, 2.75) is 43.8 Å². The number of halogens is 6. The zero-order valence-corrected chi connectivity index (χ0v) is 31.3. The van der Waals surface area contributed by atoms with Crippen molar-refractivity contribution in [3.8, 4) is 23.0 Å². The monoisotopic (exact) mass is 825 g/mol. The number of sulfonamides is 2. The second-order valence-corrected chi connectivity index (χ2v) is 19.1. The average molecular weight is 826 g/mol. The van der Waals surface area contributed by atoms with Gasteiger partial charge in [-0.3, -0.25) is 4.68 Å². The lowest BCUT2D eigenvalue weighted by Crippen LogP contribution is -2.36. The third-order valence-electron chi connectivity index (χ3n) is 7.55. The Balaban J connectivity index is 2.18. The van der Waals surface area contributed by atoms with Crippen molar-refractivity contribution >= 4 is 64.3 Å². The summed E-state index contributed by atoms with van der Waals surface area (Å²) in [5.74, 6) is 2.09. The summed E-state index contributed by atoms with van der Waals surface area (Å²) < 4.78 is 144. The first-order valence-electron chi connectivity index (χ1n) is 14.7. The van der Waals surface area contributed by atoms with E-state index in [1.165, 1.54) is 26.0 Å². The number of hydrogen-bond donors (Lipinski definition) is 2. The first-order valence-corrected chi connectivity index (χ1v) is 20.7. The third-order valence-corrected chi connectivity index (χ3v) is 13.0. The number of rotatable bonds is 10. The van der Waals surface area contributed by atoms with Crippen LogP contribution in [0.3, 0.4) is 0 Å². The Labute approximate surface area is 305 Å². The maximum atomic E-state index is 14.2. The van der Waals surface area contributed by atoms with Gasteiger partial charge in [0.25, 0.3) is 0 Å². The molecule has 0 saturated carbocycles. The highest BCUT2D eigenvalue weighted by molar-refractivity contribution is 8.09. The van der Waals surface area contributed by atoms with Crippen LogP contribution in [-0.4, -0.2) is 80.9 Å². The third kappa shape index (κ3) is 9.54. The van der Waals surface area contributed by atoms with Gasteiger partial charge in [-0.1, -0.05) is 23.6 Å². The van der Waals surface area contributed by atoms with Crippen molar-refractivity contribution in [3.63, 3.8) is 0 Å². The predicted octanol–water partition coefficient (Wildman–Crippen LogP) is 5.04. The number of carboxylic acid groups (broad SMARTS) is 1. The normalized spacial score (nSPS) is 13.3. The van der Waals surface area contributed by atoms with E-state index in [0.717, 1.165) is 30.5 Å². The Morgan fingerprint density at radius 1 is 0.962 bits per heavy atom. The van der Waals surface area contributed by atoms with Gasteiger partial charge < -0.3 is 10.4 Å². The van der Waals surface area contributed by atoms with Crippen LogP contribution in [-0.2, 0) is 42.8 Å². The molecule has 0 aliphatic carbocycles. The Morgan fingerprint density at radius 3 is 2.04 bits per heavy atom. The summed E-state index contributed by atoms with van der Waals surface area (Å²) in [4.78, 5) is 16.5. The fraction of sp³-hybridized carbons (Fsp3) is 0.323. The van der Waals surface area contributed by atoms with Gasteiger partial charge in [0.05, 0.1) is 40.2 Å². The fourth-order valence-corrected chi connectivity index (χ4v) is 8.45. The summed E-state index contributed by atoms with van der Waals surface area (Å²) in [5.41, 5.74) is -1.56. The Morgan fingerprint density at radius 2 is 1.53 bits per heavy atom. The number of hydrogen-bond acceptors (Lipinski definition) is 9. The number of nitrogens with zero attached hydrogens (tertiary/aromatic N) is 4. The minimum atomic E-state index is -5.03. The molecule has 2 heterocycles. The fourth-order valence-electron chi connectivity index (χ4n) is 5.13. The predicted molar refractivity (Wildman–Crippen MR) is 186 cm³/mol. The molecule has 0 aliphatic rings. The zero-order chi connectivity index (χ0) is 40.1. The van der Waals surface area contributed by atoms with E-state index in [9.17, 15) is 57.1 Å². The van der Waals surface area contributed by atoms with Crippen molar-refractivity contribution in [2.24, 2.45) is 0 Å². The molecule has 0 radical (unpaired) electrons. The molecule has 286 valence electrons. The molecular formula is C31H29ClF5N5O8S3. The number of anilines is 1. The van der Waals surface area contributed by atoms with E-state index < -0.39 is 99.3 Å². The number of sulfone groups is 1. The highest BCUT2D eigenvalue weighted by Crippen LogP contribution is 2.42. The molecule has 4 aromatic rings. The van der Waals surface area contributed by atoms with E-state index in [0.29, 0.717) is 18.6 Å². The zero-order valence-electron chi connectivity index (χ0n) is 28.1. The van der Waals surface area contributed by atoms with Crippen molar-refractivity contribution in [3.05, 3.63) is 76.1 Å². The van der Waals surface area contributed by atoms with Crippen molar-refractivity contribution in [1.82, 2.24) is 20.1 Å². The van der Waals surface area contributed by atoms with E-state index >= 15 is 0 Å². The second kappa shape index (κ2) is 14.4. The summed E-state index contributed by atoms with van der Waals surface area (Å²) >= 11 is 6.41. The molecule has 2 aromatic heterocycles. The van der Waals surface area contributed by atoms with Crippen LogP contribution in [0.2, 0.25) is 5.02 Å². The van der Waals surface area contributed by atoms with Crippen LogP contribution in [0.25, 0.3) is 22.0 Å². The number of amides is 1. The topological polar surface area (TPSA) is 186 Å².